The van der Waals surface area contributed by atoms with Crippen LogP contribution >= 0.6 is 0 Å². The van der Waals surface area contributed by atoms with Crippen molar-refractivity contribution in [2.45, 2.75) is 54.4 Å². The molecule has 5 nitrogen and oxygen atoms in total. The molecule has 2 aromatic rings. The van der Waals surface area contributed by atoms with Gasteiger partial charge in [-0.25, -0.2) is 0 Å². The topological polar surface area (TPSA) is 108 Å². The number of allylic oxidation sites excluding steroid dienone is 10. The first kappa shape index (κ1) is 26.0. The lowest BCUT2D eigenvalue weighted by molar-refractivity contribution is 0.319. The van der Waals surface area contributed by atoms with Crippen LogP contribution in [-0.2, 0) is 6.42 Å². The number of aryl methyl sites for hydroxylation is 4. The third-order valence-corrected chi connectivity index (χ3v) is 7.41. The van der Waals surface area contributed by atoms with Gasteiger partial charge in [-0.3, -0.25) is 0 Å². The Kier molecular flexibility index (Phi) is 7.08. The first-order chi connectivity index (χ1) is 17.5. The van der Waals surface area contributed by atoms with Gasteiger partial charge in [-0.2, -0.15) is 0 Å². The van der Waals surface area contributed by atoms with Crippen molar-refractivity contribution in [3.8, 4) is 11.1 Å². The van der Waals surface area contributed by atoms with Crippen molar-refractivity contribution >= 4 is 22.8 Å². The van der Waals surface area contributed by atoms with E-state index in [4.69, 9.17) is 16.9 Å². The summed E-state index contributed by atoms with van der Waals surface area (Å²) in [6.45, 7) is 12.0. The minimum absolute atomic E-state index is 0.569. The molecule has 0 saturated heterocycles. The molecule has 0 amide bonds. The van der Waals surface area contributed by atoms with E-state index in [-0.39, 0.29) is 0 Å². The molecule has 2 aromatic carbocycles. The van der Waals surface area contributed by atoms with E-state index in [1.807, 2.05) is 59.8 Å². The number of nitrogens with zero attached hydrogens (tertiary/aromatic N) is 1. The molecule has 0 aromatic heterocycles. The molecule has 0 fully saturated rings. The van der Waals surface area contributed by atoms with Crippen LogP contribution in [0.25, 0.3) is 11.1 Å². The molecule has 2 aliphatic carbocycles. The predicted molar refractivity (Wildman–Crippen MR) is 157 cm³/mol. The summed E-state index contributed by atoms with van der Waals surface area (Å²) < 4.78 is 0. The zero-order chi connectivity index (χ0) is 27.0. The van der Waals surface area contributed by atoms with Crippen molar-refractivity contribution in [3.05, 3.63) is 104 Å². The minimum Gasteiger partial charge on any atom is -0.410 e. The maximum absolute atomic E-state index is 9.81. The summed E-state index contributed by atoms with van der Waals surface area (Å²) in [4.78, 5) is 0. The molecule has 37 heavy (non-hydrogen) atoms. The van der Waals surface area contributed by atoms with Gasteiger partial charge in [0.05, 0.1) is 5.71 Å². The number of hydrogen-bond donors (Lipinski definition) is 4. The number of hydrogen-bond acceptors (Lipinski definition) is 5. The van der Waals surface area contributed by atoms with Gasteiger partial charge in [0.25, 0.3) is 0 Å². The van der Waals surface area contributed by atoms with Crippen LogP contribution in [0.15, 0.2) is 87.2 Å². The van der Waals surface area contributed by atoms with Gasteiger partial charge in [-0.15, -0.1) is 0 Å². The fourth-order valence-electron chi connectivity index (χ4n) is 5.14. The second-order valence-corrected chi connectivity index (χ2v) is 10.3. The molecular formula is C32H36N4O. The van der Waals surface area contributed by atoms with Crippen molar-refractivity contribution in [1.82, 2.24) is 0 Å². The third kappa shape index (κ3) is 5.08. The molecule has 190 valence electrons. The van der Waals surface area contributed by atoms with Gasteiger partial charge >= 0.3 is 0 Å². The Morgan fingerprint density at radius 1 is 0.676 bits per heavy atom. The lowest BCUT2D eigenvalue weighted by Crippen LogP contribution is -2.13. The van der Waals surface area contributed by atoms with Gasteiger partial charge in [0.15, 0.2) is 0 Å². The predicted octanol–water partition coefficient (Wildman–Crippen LogP) is 7.31. The molecule has 0 bridgehead atoms. The fraction of sp³-hybridized carbons (Fsp3) is 0.250. The molecule has 4 rings (SSSR count). The molecule has 0 atom stereocenters. The van der Waals surface area contributed by atoms with E-state index in [0.717, 1.165) is 78.2 Å². The number of anilines is 2. The van der Waals surface area contributed by atoms with E-state index in [9.17, 15) is 5.21 Å². The average Bonchev–Trinajstić information content (AvgIpc) is 2.85. The normalized spacial score (nSPS) is 17.0. The van der Waals surface area contributed by atoms with E-state index in [1.165, 1.54) is 0 Å². The van der Waals surface area contributed by atoms with Crippen molar-refractivity contribution in [3.63, 3.8) is 0 Å². The fourth-order valence-corrected chi connectivity index (χ4v) is 5.14. The highest BCUT2D eigenvalue weighted by molar-refractivity contribution is 6.14. The monoisotopic (exact) mass is 492 g/mol. The van der Waals surface area contributed by atoms with Gasteiger partial charge in [0, 0.05) is 11.4 Å². The summed E-state index contributed by atoms with van der Waals surface area (Å²) in [6, 6.07) is 8.54. The Labute approximate surface area is 219 Å². The Balaban J connectivity index is 1.71. The van der Waals surface area contributed by atoms with Crippen molar-refractivity contribution < 1.29 is 5.21 Å². The van der Waals surface area contributed by atoms with Gasteiger partial charge in [-0.05, 0) is 170 Å². The number of nitrogens with one attached hydrogen (secondary N) is 1. The molecule has 0 unspecified atom stereocenters. The van der Waals surface area contributed by atoms with Crippen molar-refractivity contribution in [2.24, 2.45) is 5.16 Å². The SMILES string of the molecule is CC1=CC(=C2C=C(C)/C(=N\O)C(CCc3cc(-c4cc(C)c(N)c(C)c4)cc(C)c3N)=C2)C=C(C)C1=N. The van der Waals surface area contributed by atoms with E-state index in [0.29, 0.717) is 24.3 Å². The molecule has 0 spiro atoms. The first-order valence-corrected chi connectivity index (χ1v) is 12.6. The Morgan fingerprint density at radius 3 is 1.73 bits per heavy atom. The zero-order valence-corrected chi connectivity index (χ0v) is 22.6. The molecule has 5 heteroatoms. The molecule has 0 radical (unpaired) electrons. The van der Waals surface area contributed by atoms with Crippen LogP contribution in [0.5, 0.6) is 0 Å². The standard InChI is InChI=1S/C32H36N4O/c1-17-9-25(10-18(2)29(17)33)27-13-21(5)31(35)23(15-27)7-8-24-16-28(14-22(6)32(24)36-37)26-11-19(3)30(34)20(4)12-26/h9-16,34,37H,7-8,33,35H2,1-6H3/b28-26?,34-30?,36-32+. The van der Waals surface area contributed by atoms with Crippen LogP contribution in [0.1, 0.15) is 49.4 Å². The Bertz CT molecular complexity index is 1460. The van der Waals surface area contributed by atoms with Crippen LogP contribution in [0.4, 0.5) is 11.4 Å². The lowest BCUT2D eigenvalue weighted by Gasteiger charge is -2.20. The van der Waals surface area contributed by atoms with Gasteiger partial charge in [0.2, 0.25) is 0 Å². The Morgan fingerprint density at radius 2 is 1.16 bits per heavy atom. The summed E-state index contributed by atoms with van der Waals surface area (Å²) in [7, 11) is 0. The minimum atomic E-state index is 0.569. The summed E-state index contributed by atoms with van der Waals surface area (Å²) in [5.74, 6) is 0. The van der Waals surface area contributed by atoms with Gasteiger partial charge < -0.3 is 22.1 Å². The second kappa shape index (κ2) is 10.1. The lowest BCUT2D eigenvalue weighted by atomic mass is 9.85. The smallest absolute Gasteiger partial charge is 0.108 e. The number of rotatable bonds is 4. The summed E-state index contributed by atoms with van der Waals surface area (Å²) in [5.41, 5.74) is 27.9. The molecule has 0 saturated carbocycles. The Hall–Kier alpha value is -4.12. The third-order valence-electron chi connectivity index (χ3n) is 7.41. The maximum atomic E-state index is 9.81. The van der Waals surface area contributed by atoms with E-state index < -0.39 is 0 Å². The van der Waals surface area contributed by atoms with Gasteiger partial charge in [0.1, 0.15) is 5.71 Å². The number of oxime groups is 1. The highest BCUT2D eigenvalue weighted by Gasteiger charge is 2.20. The van der Waals surface area contributed by atoms with Crippen LogP contribution in [0.3, 0.4) is 0 Å². The van der Waals surface area contributed by atoms with Crippen LogP contribution in [-0.4, -0.2) is 16.6 Å². The molecular weight excluding hydrogens is 456 g/mol. The van der Waals surface area contributed by atoms with E-state index in [1.54, 1.807) is 0 Å². The average molecular weight is 493 g/mol. The van der Waals surface area contributed by atoms with Crippen LogP contribution in [0, 0.1) is 26.2 Å². The summed E-state index contributed by atoms with van der Waals surface area (Å²) in [5, 5.41) is 21.6. The van der Waals surface area contributed by atoms with E-state index >= 15 is 0 Å². The number of nitrogen functional groups attached to an aromatic ring is 2. The molecule has 2 aliphatic rings. The second-order valence-electron chi connectivity index (χ2n) is 10.3. The molecule has 6 N–H and O–H groups in total. The highest BCUT2D eigenvalue weighted by atomic mass is 16.4. The first-order valence-electron chi connectivity index (χ1n) is 12.6. The quantitative estimate of drug-likeness (QED) is 0.204. The van der Waals surface area contributed by atoms with Gasteiger partial charge in [-0.1, -0.05) is 5.16 Å². The van der Waals surface area contributed by atoms with Crippen LogP contribution in [0.2, 0.25) is 0 Å². The maximum Gasteiger partial charge on any atom is 0.108 e. The molecule has 0 heterocycles. The number of benzene rings is 2. The highest BCUT2D eigenvalue weighted by Crippen LogP contribution is 2.33. The largest absolute Gasteiger partial charge is 0.410 e. The number of nitrogens with two attached hydrogens (primary N) is 2. The molecule has 0 aliphatic heterocycles. The van der Waals surface area contributed by atoms with Crippen molar-refractivity contribution in [1.29, 1.82) is 5.41 Å². The summed E-state index contributed by atoms with van der Waals surface area (Å²) in [6.07, 6.45) is 9.62. The summed E-state index contributed by atoms with van der Waals surface area (Å²) >= 11 is 0. The zero-order valence-electron chi connectivity index (χ0n) is 22.6. The van der Waals surface area contributed by atoms with E-state index in [2.05, 4.69) is 35.5 Å². The van der Waals surface area contributed by atoms with Crippen molar-refractivity contribution in [2.75, 3.05) is 11.5 Å². The van der Waals surface area contributed by atoms with Crippen LogP contribution < -0.4 is 11.5 Å².